The second kappa shape index (κ2) is 10.8. The summed E-state index contributed by atoms with van der Waals surface area (Å²) in [6.07, 6.45) is 2.01. The predicted molar refractivity (Wildman–Crippen MR) is 153 cm³/mol. The van der Waals surface area contributed by atoms with Crippen molar-refractivity contribution in [2.24, 2.45) is 5.73 Å². The number of carbonyl (C=O) groups is 1. The molecule has 3 aliphatic heterocycles. The Kier molecular flexibility index (Phi) is 7.25. The van der Waals surface area contributed by atoms with Crippen LogP contribution in [-0.2, 0) is 11.3 Å². The van der Waals surface area contributed by atoms with Crippen LogP contribution in [0.25, 0.3) is 22.5 Å². The van der Waals surface area contributed by atoms with Crippen LogP contribution in [0.15, 0.2) is 54.6 Å². The Labute approximate surface area is 236 Å². The number of halogens is 3. The molecular weight excluding hydrogens is 538 g/mol. The number of nitrogens with zero attached hydrogens (tertiary/aromatic N) is 1. The highest BCUT2D eigenvalue weighted by atomic mass is 35.5. The topological polar surface area (TPSA) is 79.6 Å². The molecule has 3 aromatic rings. The fourth-order valence-corrected chi connectivity index (χ4v) is 6.16. The van der Waals surface area contributed by atoms with E-state index in [4.69, 9.17) is 33.7 Å². The van der Waals surface area contributed by atoms with Crippen molar-refractivity contribution in [2.45, 2.75) is 31.5 Å². The molecule has 9 heteroatoms. The highest BCUT2D eigenvalue weighted by Crippen LogP contribution is 2.39. The van der Waals surface area contributed by atoms with E-state index in [1.165, 1.54) is 6.07 Å². The van der Waals surface area contributed by atoms with Gasteiger partial charge in [-0.3, -0.25) is 4.79 Å². The molecule has 1 amide bonds. The summed E-state index contributed by atoms with van der Waals surface area (Å²) in [6.45, 7) is 3.92. The van der Waals surface area contributed by atoms with E-state index in [2.05, 4.69) is 27.7 Å². The number of nitrogens with one attached hydrogen (secondary N) is 2. The van der Waals surface area contributed by atoms with Crippen molar-refractivity contribution < 1.29 is 13.9 Å². The van der Waals surface area contributed by atoms with Crippen LogP contribution in [0.3, 0.4) is 0 Å². The Balaban J connectivity index is 1.42. The number of ether oxygens (including phenoxy) is 1. The monoisotopic (exact) mass is 566 g/mol. The van der Waals surface area contributed by atoms with Crippen LogP contribution in [0.2, 0.25) is 10.0 Å². The van der Waals surface area contributed by atoms with Crippen molar-refractivity contribution >= 4 is 40.5 Å². The second-order valence-corrected chi connectivity index (χ2v) is 11.2. The first-order valence-electron chi connectivity index (χ1n) is 13.1. The Morgan fingerprint density at radius 3 is 2.36 bits per heavy atom. The smallest absolute Gasteiger partial charge is 0.248 e. The van der Waals surface area contributed by atoms with Crippen molar-refractivity contribution in [2.75, 3.05) is 26.3 Å². The van der Waals surface area contributed by atoms with Crippen molar-refractivity contribution in [1.29, 1.82) is 0 Å². The lowest BCUT2D eigenvalue weighted by Crippen LogP contribution is -2.53. The third-order valence-corrected chi connectivity index (χ3v) is 8.08. The number of hydrogen-bond donors (Lipinski definition) is 3. The van der Waals surface area contributed by atoms with Gasteiger partial charge in [0.15, 0.2) is 0 Å². The molecule has 0 spiro atoms. The fourth-order valence-electron chi connectivity index (χ4n) is 5.63. The highest BCUT2D eigenvalue weighted by molar-refractivity contribution is 6.35. The van der Waals surface area contributed by atoms with Gasteiger partial charge in [0, 0.05) is 52.4 Å². The Bertz CT molecular complexity index is 1450. The van der Waals surface area contributed by atoms with Gasteiger partial charge in [-0.25, -0.2) is 4.39 Å². The van der Waals surface area contributed by atoms with Crippen molar-refractivity contribution in [1.82, 2.24) is 15.5 Å². The van der Waals surface area contributed by atoms with Gasteiger partial charge in [-0.05, 0) is 72.0 Å². The number of benzene rings is 3. The number of likely N-dealkylation sites (tertiary alicyclic amines) is 1. The maximum absolute atomic E-state index is 14.4. The third-order valence-electron chi connectivity index (χ3n) is 7.64. The number of hydrogen-bond acceptors (Lipinski definition) is 5. The number of carbonyl (C=O) groups excluding carboxylic acids is 1. The molecule has 3 heterocycles. The third kappa shape index (κ3) is 5.50. The minimum Gasteiger partial charge on any atom is -0.379 e. The van der Waals surface area contributed by atoms with E-state index in [1.807, 2.05) is 18.2 Å². The Morgan fingerprint density at radius 2 is 1.69 bits per heavy atom. The molecule has 4 N–H and O–H groups in total. The second-order valence-electron chi connectivity index (χ2n) is 10.4. The molecule has 6 nitrogen and oxygen atoms in total. The summed E-state index contributed by atoms with van der Waals surface area (Å²) in [6, 6.07) is 16.8. The van der Waals surface area contributed by atoms with E-state index in [0.29, 0.717) is 34.2 Å². The van der Waals surface area contributed by atoms with Crippen LogP contribution in [-0.4, -0.2) is 49.2 Å². The molecule has 0 unspecified atom stereocenters. The van der Waals surface area contributed by atoms with Gasteiger partial charge in [0.2, 0.25) is 5.91 Å². The minimum atomic E-state index is -0.663. The molecule has 3 aromatic carbocycles. The van der Waals surface area contributed by atoms with E-state index in [9.17, 15) is 9.18 Å². The predicted octanol–water partition coefficient (Wildman–Crippen LogP) is 5.28. The first kappa shape index (κ1) is 26.1. The number of piperidine rings is 1. The maximum Gasteiger partial charge on any atom is 0.248 e. The molecule has 0 atom stereocenters. The van der Waals surface area contributed by atoms with Crippen LogP contribution in [0.1, 0.15) is 39.9 Å². The number of nitrogens with two attached hydrogens (primary N) is 1. The van der Waals surface area contributed by atoms with Crippen LogP contribution >= 0.6 is 23.2 Å². The van der Waals surface area contributed by atoms with Crippen molar-refractivity contribution in [3.63, 3.8) is 0 Å². The van der Waals surface area contributed by atoms with Gasteiger partial charge in [-0.2, -0.15) is 0 Å². The van der Waals surface area contributed by atoms with Gasteiger partial charge in [0.1, 0.15) is 5.82 Å². The number of primary amides is 1. The van der Waals surface area contributed by atoms with Gasteiger partial charge < -0.3 is 26.0 Å². The van der Waals surface area contributed by atoms with Gasteiger partial charge >= 0.3 is 0 Å². The Morgan fingerprint density at radius 1 is 0.949 bits per heavy atom. The zero-order chi connectivity index (χ0) is 27.1. The van der Waals surface area contributed by atoms with Crippen LogP contribution in [0, 0.1) is 5.82 Å². The first-order valence-corrected chi connectivity index (χ1v) is 13.9. The summed E-state index contributed by atoms with van der Waals surface area (Å²) < 4.78 is 19.8. The van der Waals surface area contributed by atoms with E-state index in [0.717, 1.165) is 78.9 Å². The normalized spacial score (nSPS) is 18.0. The maximum atomic E-state index is 14.4. The highest BCUT2D eigenvalue weighted by Gasteiger charge is 2.30. The van der Waals surface area contributed by atoms with Crippen LogP contribution < -0.4 is 16.4 Å². The molecule has 0 bridgehead atoms. The lowest BCUT2D eigenvalue weighted by atomic mass is 9.90. The lowest BCUT2D eigenvalue weighted by Gasteiger charge is -2.41. The van der Waals surface area contributed by atoms with Crippen molar-refractivity contribution in [3.05, 3.63) is 92.7 Å². The molecule has 6 rings (SSSR count). The van der Waals surface area contributed by atoms with E-state index in [-0.39, 0.29) is 5.56 Å². The summed E-state index contributed by atoms with van der Waals surface area (Å²) in [5, 5.41) is 8.46. The quantitative estimate of drug-likeness (QED) is 0.378. The SMILES string of the molecule is NC(=O)c1cc(F)cc(-c2ccc3c(c2)C(N2CCC(NC4COC4)CC2)=C(c2cc(Cl)cc(Cl)c2)NC3)c1. The summed E-state index contributed by atoms with van der Waals surface area (Å²) >= 11 is 12.8. The molecule has 0 radical (unpaired) electrons. The zero-order valence-corrected chi connectivity index (χ0v) is 22.8. The molecular formula is C30H29Cl2FN4O2. The van der Waals surface area contributed by atoms with Gasteiger partial charge in [-0.1, -0.05) is 35.3 Å². The molecule has 0 aromatic heterocycles. The average Bonchev–Trinajstić information content (AvgIpc) is 2.89. The van der Waals surface area contributed by atoms with Gasteiger partial charge in [0.05, 0.1) is 30.6 Å². The summed E-state index contributed by atoms with van der Waals surface area (Å²) in [7, 11) is 0. The molecule has 3 aliphatic rings. The average molecular weight is 567 g/mol. The van der Waals surface area contributed by atoms with E-state index < -0.39 is 11.7 Å². The van der Waals surface area contributed by atoms with Crippen LogP contribution in [0.4, 0.5) is 4.39 Å². The lowest BCUT2D eigenvalue weighted by molar-refractivity contribution is -0.0126. The Hall–Kier alpha value is -3.10. The first-order chi connectivity index (χ1) is 18.8. The minimum absolute atomic E-state index is 0.140. The molecule has 202 valence electrons. The number of fused-ring (bicyclic) bond motifs is 1. The van der Waals surface area contributed by atoms with E-state index >= 15 is 0 Å². The molecule has 39 heavy (non-hydrogen) atoms. The molecule has 2 saturated heterocycles. The van der Waals surface area contributed by atoms with Crippen molar-refractivity contribution in [3.8, 4) is 11.1 Å². The zero-order valence-electron chi connectivity index (χ0n) is 21.3. The van der Waals surface area contributed by atoms with Gasteiger partial charge in [0.25, 0.3) is 0 Å². The van der Waals surface area contributed by atoms with Crippen LogP contribution in [0.5, 0.6) is 0 Å². The number of amides is 1. The van der Waals surface area contributed by atoms with Gasteiger partial charge in [-0.15, -0.1) is 0 Å². The standard InChI is InChI=1S/C30H29Cl2FN4O2/c31-22-8-20(9-23(32)13-22)28-29(37-5-3-25(4-6-37)36-26-15-39-16-26)27-12-17(1-2-18(27)14-35-28)19-7-21(30(34)38)11-24(33)10-19/h1-2,7-13,25-26,35-36H,3-6,14-16H2,(H2,34,38). The summed E-state index contributed by atoms with van der Waals surface area (Å²) in [5.74, 6) is -1.17. The molecule has 2 fully saturated rings. The number of rotatable bonds is 6. The summed E-state index contributed by atoms with van der Waals surface area (Å²) in [4.78, 5) is 14.2. The fraction of sp³-hybridized carbons (Fsp3) is 0.300. The summed E-state index contributed by atoms with van der Waals surface area (Å²) in [5.41, 5.74) is 12.1. The van der Waals surface area contributed by atoms with E-state index in [1.54, 1.807) is 12.1 Å². The largest absolute Gasteiger partial charge is 0.379 e. The molecule has 0 saturated carbocycles. The molecule has 0 aliphatic carbocycles.